The molecule has 0 spiro atoms. The zero-order valence-corrected chi connectivity index (χ0v) is 8.77. The van der Waals surface area contributed by atoms with E-state index in [2.05, 4.69) is 20.8 Å². The van der Waals surface area contributed by atoms with Crippen LogP contribution in [0.1, 0.15) is 46.5 Å². The van der Waals surface area contributed by atoms with Crippen LogP contribution < -0.4 is 5.73 Å². The molecule has 2 unspecified atom stereocenters. The van der Waals surface area contributed by atoms with Gasteiger partial charge in [0.2, 0.25) is 0 Å². The quantitative estimate of drug-likeness (QED) is 0.676. The summed E-state index contributed by atoms with van der Waals surface area (Å²) in [6.45, 7) is 8.04. The molecule has 0 aromatic rings. The van der Waals surface area contributed by atoms with E-state index in [-0.39, 0.29) is 0 Å². The Morgan fingerprint density at radius 1 is 1.42 bits per heavy atom. The smallest absolute Gasteiger partial charge is 0.00745 e. The molecule has 0 bridgehead atoms. The average Bonchev–Trinajstić information content (AvgIpc) is 1.94. The molecule has 0 aromatic carbocycles. The normalized spacial score (nSPS) is 35.0. The molecule has 0 amide bonds. The second-order valence-corrected chi connectivity index (χ2v) is 5.22. The summed E-state index contributed by atoms with van der Waals surface area (Å²) in [5.74, 6) is 1.79. The highest BCUT2D eigenvalue weighted by molar-refractivity contribution is 4.82. The van der Waals surface area contributed by atoms with E-state index in [9.17, 15) is 0 Å². The average molecular weight is 169 g/mol. The largest absolute Gasteiger partial charge is 0.330 e. The number of nitrogens with two attached hydrogens (primary N) is 1. The monoisotopic (exact) mass is 169 g/mol. The van der Waals surface area contributed by atoms with Gasteiger partial charge < -0.3 is 5.73 Å². The molecule has 0 aliphatic heterocycles. The van der Waals surface area contributed by atoms with Crippen LogP contribution in [0.5, 0.6) is 0 Å². The van der Waals surface area contributed by atoms with Crippen LogP contribution in [0.2, 0.25) is 0 Å². The standard InChI is InChI=1S/C11H23N/c1-9-8-11(2,3)6-4-10(9)5-7-12/h9-10H,4-8,12H2,1-3H3. The van der Waals surface area contributed by atoms with Crippen LogP contribution in [0.15, 0.2) is 0 Å². The Balaban J connectivity index is 2.42. The molecule has 12 heavy (non-hydrogen) atoms. The highest BCUT2D eigenvalue weighted by Crippen LogP contribution is 2.42. The van der Waals surface area contributed by atoms with Crippen molar-refractivity contribution in [3.8, 4) is 0 Å². The van der Waals surface area contributed by atoms with Gasteiger partial charge in [0.1, 0.15) is 0 Å². The minimum atomic E-state index is 0.588. The van der Waals surface area contributed by atoms with E-state index in [1.54, 1.807) is 0 Å². The minimum Gasteiger partial charge on any atom is -0.330 e. The van der Waals surface area contributed by atoms with Gasteiger partial charge in [-0.1, -0.05) is 20.8 Å². The lowest BCUT2D eigenvalue weighted by Gasteiger charge is -2.39. The maximum Gasteiger partial charge on any atom is -0.00745 e. The summed E-state index contributed by atoms with van der Waals surface area (Å²) in [6, 6.07) is 0. The van der Waals surface area contributed by atoms with Gasteiger partial charge in [0.05, 0.1) is 0 Å². The van der Waals surface area contributed by atoms with Crippen molar-refractivity contribution < 1.29 is 0 Å². The third-order valence-corrected chi connectivity index (χ3v) is 3.41. The molecule has 1 rings (SSSR count). The van der Waals surface area contributed by atoms with Gasteiger partial charge in [-0.05, 0) is 49.5 Å². The fourth-order valence-electron chi connectivity index (χ4n) is 2.64. The maximum absolute atomic E-state index is 5.59. The SMILES string of the molecule is CC1CC(C)(C)CCC1CCN. The first-order valence-corrected chi connectivity index (χ1v) is 5.25. The molecule has 1 fully saturated rings. The first-order valence-electron chi connectivity index (χ1n) is 5.25. The zero-order chi connectivity index (χ0) is 9.19. The molecule has 0 aromatic heterocycles. The van der Waals surface area contributed by atoms with Gasteiger partial charge in [-0.15, -0.1) is 0 Å². The van der Waals surface area contributed by atoms with Crippen molar-refractivity contribution in [3.05, 3.63) is 0 Å². The van der Waals surface area contributed by atoms with Crippen molar-refractivity contribution in [1.29, 1.82) is 0 Å². The fraction of sp³-hybridized carbons (Fsp3) is 1.00. The Bertz CT molecular complexity index is 140. The molecule has 1 saturated carbocycles. The van der Waals surface area contributed by atoms with Gasteiger partial charge in [-0.3, -0.25) is 0 Å². The molecule has 0 radical (unpaired) electrons. The number of hydrogen-bond acceptors (Lipinski definition) is 1. The molecule has 1 nitrogen and oxygen atoms in total. The third kappa shape index (κ3) is 2.48. The summed E-state index contributed by atoms with van der Waals surface area (Å²) in [7, 11) is 0. The van der Waals surface area contributed by atoms with Crippen molar-refractivity contribution in [1.82, 2.24) is 0 Å². The van der Waals surface area contributed by atoms with Crippen LogP contribution in [-0.4, -0.2) is 6.54 Å². The Hall–Kier alpha value is -0.0400. The van der Waals surface area contributed by atoms with Crippen molar-refractivity contribution in [2.24, 2.45) is 23.0 Å². The Morgan fingerprint density at radius 2 is 2.08 bits per heavy atom. The summed E-state index contributed by atoms with van der Waals surface area (Å²) < 4.78 is 0. The molecule has 0 saturated heterocycles. The van der Waals surface area contributed by atoms with Gasteiger partial charge in [-0.25, -0.2) is 0 Å². The van der Waals surface area contributed by atoms with Gasteiger partial charge in [0.25, 0.3) is 0 Å². The van der Waals surface area contributed by atoms with Crippen molar-refractivity contribution in [3.63, 3.8) is 0 Å². The fourth-order valence-corrected chi connectivity index (χ4v) is 2.64. The highest BCUT2D eigenvalue weighted by Gasteiger charge is 2.31. The third-order valence-electron chi connectivity index (χ3n) is 3.41. The first kappa shape index (κ1) is 10.0. The molecule has 1 aliphatic carbocycles. The van der Waals surface area contributed by atoms with E-state index in [0.717, 1.165) is 18.4 Å². The molecule has 1 heteroatoms. The van der Waals surface area contributed by atoms with Gasteiger partial charge in [-0.2, -0.15) is 0 Å². The van der Waals surface area contributed by atoms with Crippen LogP contribution >= 0.6 is 0 Å². The van der Waals surface area contributed by atoms with Gasteiger partial charge >= 0.3 is 0 Å². The van der Waals surface area contributed by atoms with E-state index in [1.807, 2.05) is 0 Å². The van der Waals surface area contributed by atoms with E-state index in [1.165, 1.54) is 25.7 Å². The lowest BCUT2D eigenvalue weighted by molar-refractivity contribution is 0.125. The van der Waals surface area contributed by atoms with E-state index >= 15 is 0 Å². The lowest BCUT2D eigenvalue weighted by Crippen LogP contribution is -2.29. The van der Waals surface area contributed by atoms with Crippen molar-refractivity contribution >= 4 is 0 Å². The molecular formula is C11H23N. The second-order valence-electron chi connectivity index (χ2n) is 5.22. The molecule has 72 valence electrons. The summed E-state index contributed by atoms with van der Waals surface area (Å²) >= 11 is 0. The highest BCUT2D eigenvalue weighted by atomic mass is 14.5. The van der Waals surface area contributed by atoms with Crippen LogP contribution in [0, 0.1) is 17.3 Å². The zero-order valence-electron chi connectivity index (χ0n) is 8.77. The van der Waals surface area contributed by atoms with E-state index in [0.29, 0.717) is 5.41 Å². The van der Waals surface area contributed by atoms with E-state index < -0.39 is 0 Å². The Kier molecular flexibility index (Phi) is 3.16. The Labute approximate surface area is 76.7 Å². The topological polar surface area (TPSA) is 26.0 Å². The molecular weight excluding hydrogens is 146 g/mol. The summed E-state index contributed by atoms with van der Waals surface area (Å²) in [5, 5.41) is 0. The Morgan fingerprint density at radius 3 is 2.58 bits per heavy atom. The first-order chi connectivity index (χ1) is 5.55. The van der Waals surface area contributed by atoms with E-state index in [4.69, 9.17) is 5.73 Å². The second kappa shape index (κ2) is 3.78. The summed E-state index contributed by atoms with van der Waals surface area (Å²) in [4.78, 5) is 0. The van der Waals surface area contributed by atoms with Crippen molar-refractivity contribution in [2.45, 2.75) is 46.5 Å². The van der Waals surface area contributed by atoms with Crippen LogP contribution in [0.3, 0.4) is 0 Å². The lowest BCUT2D eigenvalue weighted by atomic mass is 9.67. The molecule has 0 heterocycles. The molecule has 2 atom stereocenters. The summed E-state index contributed by atoms with van der Waals surface area (Å²) in [6.07, 6.45) is 5.41. The van der Waals surface area contributed by atoms with Crippen LogP contribution in [0.4, 0.5) is 0 Å². The van der Waals surface area contributed by atoms with Crippen LogP contribution in [0.25, 0.3) is 0 Å². The van der Waals surface area contributed by atoms with Gasteiger partial charge in [0.15, 0.2) is 0 Å². The molecule has 1 aliphatic rings. The predicted octanol–water partition coefficient (Wildman–Crippen LogP) is 2.80. The van der Waals surface area contributed by atoms with Gasteiger partial charge in [0, 0.05) is 0 Å². The minimum absolute atomic E-state index is 0.588. The van der Waals surface area contributed by atoms with Crippen molar-refractivity contribution in [2.75, 3.05) is 6.54 Å². The predicted molar refractivity (Wildman–Crippen MR) is 54.0 cm³/mol. The molecule has 2 N–H and O–H groups in total. The maximum atomic E-state index is 5.59. The van der Waals surface area contributed by atoms with Crippen LogP contribution in [-0.2, 0) is 0 Å². The number of hydrogen-bond donors (Lipinski definition) is 1. The number of rotatable bonds is 2. The summed E-state index contributed by atoms with van der Waals surface area (Å²) in [5.41, 5.74) is 6.18.